The molecule has 180 valence electrons. The van der Waals surface area contributed by atoms with E-state index in [4.69, 9.17) is 28.8 Å². The van der Waals surface area contributed by atoms with E-state index < -0.39 is 10.0 Å². The summed E-state index contributed by atoms with van der Waals surface area (Å²) in [5.41, 5.74) is 0.764. The highest BCUT2D eigenvalue weighted by molar-refractivity contribution is 7.89. The van der Waals surface area contributed by atoms with Crippen LogP contribution in [0.4, 0.5) is 23.1 Å². The molecule has 0 aliphatic carbocycles. The minimum atomic E-state index is -4.14. The van der Waals surface area contributed by atoms with Gasteiger partial charge in [0.05, 0.1) is 27.0 Å². The number of methoxy groups -OCH3 is 3. The molecule has 4 N–H and O–H groups in total. The third-order valence-electron chi connectivity index (χ3n) is 4.79. The Balaban J connectivity index is 1.65. The average Bonchev–Trinajstić information content (AvgIpc) is 2.82. The Morgan fingerprint density at radius 2 is 1.68 bits per heavy atom. The van der Waals surface area contributed by atoms with Gasteiger partial charge in [0.2, 0.25) is 21.7 Å². The van der Waals surface area contributed by atoms with Crippen molar-refractivity contribution in [3.8, 4) is 28.7 Å². The average molecular weight is 490 g/mol. The van der Waals surface area contributed by atoms with Gasteiger partial charge in [-0.25, -0.2) is 18.5 Å². The molecule has 1 aromatic heterocycles. The third-order valence-corrected chi connectivity index (χ3v) is 5.76. The largest absolute Gasteiger partial charge is 0.493 e. The number of hydrogen-bond donors (Lipinski definition) is 3. The summed E-state index contributed by atoms with van der Waals surface area (Å²) in [6.07, 6.45) is 1.50. The number of nitrogens with zero attached hydrogens (tertiary/aromatic N) is 2. The van der Waals surface area contributed by atoms with Crippen LogP contribution in [0.15, 0.2) is 41.4 Å². The number of nitrogens with two attached hydrogens (primary N) is 1. The number of aromatic nitrogens is 2. The number of hydrogen-bond acceptors (Lipinski definition) is 11. The van der Waals surface area contributed by atoms with E-state index in [-0.39, 0.29) is 28.9 Å². The van der Waals surface area contributed by atoms with Crippen LogP contribution in [0.3, 0.4) is 0 Å². The standard InChI is InChI=1S/C21H23N5O7S/c1-29-15-10-12(11-16(30-2)18(15)31-3)24-21-23-7-6-17(26-21)25-13-4-5-14-19(33-9-8-32-14)20(13)34(22,27)28/h4-7,10-11H,8-9H2,1-3H3,(H2,22,27,28)(H2,23,24,25,26). The van der Waals surface area contributed by atoms with Crippen molar-refractivity contribution >= 4 is 33.2 Å². The van der Waals surface area contributed by atoms with Crippen LogP contribution in [0.1, 0.15) is 0 Å². The highest BCUT2D eigenvalue weighted by atomic mass is 32.2. The van der Waals surface area contributed by atoms with E-state index in [0.29, 0.717) is 41.1 Å². The quantitative estimate of drug-likeness (QED) is 0.427. The van der Waals surface area contributed by atoms with Crippen LogP contribution < -0.4 is 39.5 Å². The minimum absolute atomic E-state index is 0.0589. The number of nitrogens with one attached hydrogen (secondary N) is 2. The molecule has 0 atom stereocenters. The predicted octanol–water partition coefficient (Wildman–Crippen LogP) is 2.41. The van der Waals surface area contributed by atoms with Gasteiger partial charge in [-0.3, -0.25) is 0 Å². The number of primary sulfonamides is 1. The fourth-order valence-corrected chi connectivity index (χ4v) is 4.22. The summed E-state index contributed by atoms with van der Waals surface area (Å²) in [4.78, 5) is 8.39. The van der Waals surface area contributed by atoms with Gasteiger partial charge in [-0.05, 0) is 18.2 Å². The maximum Gasteiger partial charge on any atom is 0.243 e. The molecule has 1 aliphatic heterocycles. The van der Waals surface area contributed by atoms with Crippen molar-refractivity contribution in [2.45, 2.75) is 4.90 Å². The van der Waals surface area contributed by atoms with Crippen molar-refractivity contribution in [2.24, 2.45) is 5.14 Å². The topological polar surface area (TPSA) is 156 Å². The number of anilines is 4. The Morgan fingerprint density at radius 1 is 0.971 bits per heavy atom. The molecule has 0 saturated heterocycles. The second-order valence-electron chi connectivity index (χ2n) is 6.94. The van der Waals surface area contributed by atoms with Crippen molar-refractivity contribution in [1.82, 2.24) is 9.97 Å². The maximum absolute atomic E-state index is 12.3. The van der Waals surface area contributed by atoms with Crippen LogP contribution >= 0.6 is 0 Å². The Morgan fingerprint density at radius 3 is 2.32 bits per heavy atom. The Bertz CT molecular complexity index is 1290. The molecule has 13 heteroatoms. The molecule has 2 heterocycles. The monoisotopic (exact) mass is 489 g/mol. The van der Waals surface area contributed by atoms with E-state index in [9.17, 15) is 8.42 Å². The zero-order chi connectivity index (χ0) is 24.3. The lowest BCUT2D eigenvalue weighted by Gasteiger charge is -2.22. The first kappa shape index (κ1) is 23.2. The maximum atomic E-state index is 12.3. The molecule has 4 rings (SSSR count). The summed E-state index contributed by atoms with van der Waals surface area (Å²) < 4.78 is 51.7. The minimum Gasteiger partial charge on any atom is -0.493 e. The van der Waals surface area contributed by atoms with Crippen LogP contribution in [0, 0.1) is 0 Å². The van der Waals surface area contributed by atoms with Gasteiger partial charge in [0.15, 0.2) is 27.9 Å². The zero-order valence-corrected chi connectivity index (χ0v) is 19.4. The van der Waals surface area contributed by atoms with Crippen LogP contribution in [0.2, 0.25) is 0 Å². The lowest BCUT2D eigenvalue weighted by molar-refractivity contribution is 0.167. The van der Waals surface area contributed by atoms with Crippen molar-refractivity contribution in [3.05, 3.63) is 36.5 Å². The van der Waals surface area contributed by atoms with Crippen LogP contribution in [-0.2, 0) is 10.0 Å². The Labute approximate surface area is 196 Å². The first-order valence-electron chi connectivity index (χ1n) is 9.96. The summed E-state index contributed by atoms with van der Waals surface area (Å²) >= 11 is 0. The molecule has 2 aromatic carbocycles. The summed E-state index contributed by atoms with van der Waals surface area (Å²) in [5, 5.41) is 11.5. The molecular weight excluding hydrogens is 466 g/mol. The second kappa shape index (κ2) is 9.49. The normalized spacial score (nSPS) is 12.6. The third kappa shape index (κ3) is 4.70. The molecule has 0 amide bonds. The molecule has 0 unspecified atom stereocenters. The van der Waals surface area contributed by atoms with Gasteiger partial charge in [0.1, 0.15) is 19.0 Å². The second-order valence-corrected chi connectivity index (χ2v) is 8.44. The summed E-state index contributed by atoms with van der Waals surface area (Å²) in [5.74, 6) is 2.25. The highest BCUT2D eigenvalue weighted by Crippen LogP contribution is 2.42. The van der Waals surface area contributed by atoms with Gasteiger partial charge in [0.25, 0.3) is 0 Å². The molecule has 0 spiro atoms. The summed E-state index contributed by atoms with van der Waals surface area (Å²) in [7, 11) is 0.396. The predicted molar refractivity (Wildman–Crippen MR) is 124 cm³/mol. The molecule has 12 nitrogen and oxygen atoms in total. The van der Waals surface area contributed by atoms with Crippen LogP contribution in [0.5, 0.6) is 28.7 Å². The molecule has 0 radical (unpaired) electrons. The molecule has 3 aromatic rings. The number of rotatable bonds is 8. The highest BCUT2D eigenvalue weighted by Gasteiger charge is 2.27. The smallest absolute Gasteiger partial charge is 0.243 e. The Hall–Kier alpha value is -3.97. The number of fused-ring (bicyclic) bond motifs is 1. The van der Waals surface area contributed by atoms with E-state index in [2.05, 4.69) is 20.6 Å². The first-order chi connectivity index (χ1) is 16.3. The zero-order valence-electron chi connectivity index (χ0n) is 18.6. The van der Waals surface area contributed by atoms with Crippen molar-refractivity contribution in [1.29, 1.82) is 0 Å². The number of ether oxygens (including phenoxy) is 5. The van der Waals surface area contributed by atoms with Gasteiger partial charge in [-0.1, -0.05) is 0 Å². The van der Waals surface area contributed by atoms with E-state index in [1.165, 1.54) is 33.6 Å². The van der Waals surface area contributed by atoms with Gasteiger partial charge in [0, 0.05) is 24.0 Å². The van der Waals surface area contributed by atoms with Crippen LogP contribution in [0.25, 0.3) is 0 Å². The lowest BCUT2D eigenvalue weighted by Crippen LogP contribution is -2.21. The van der Waals surface area contributed by atoms with E-state index in [1.54, 1.807) is 24.3 Å². The first-order valence-corrected chi connectivity index (χ1v) is 11.5. The fraction of sp³-hybridized carbons (Fsp3) is 0.238. The Kier molecular flexibility index (Phi) is 6.47. The van der Waals surface area contributed by atoms with Crippen molar-refractivity contribution in [2.75, 3.05) is 45.2 Å². The summed E-state index contributed by atoms with van der Waals surface area (Å²) in [6.45, 7) is 0.515. The van der Waals surface area contributed by atoms with Crippen LogP contribution in [-0.4, -0.2) is 52.9 Å². The van der Waals surface area contributed by atoms with Crippen molar-refractivity contribution in [3.63, 3.8) is 0 Å². The molecule has 1 aliphatic rings. The van der Waals surface area contributed by atoms with Crippen molar-refractivity contribution < 1.29 is 32.1 Å². The van der Waals surface area contributed by atoms with Gasteiger partial charge in [-0.15, -0.1) is 0 Å². The van der Waals surface area contributed by atoms with Gasteiger partial charge in [-0.2, -0.15) is 4.98 Å². The molecule has 34 heavy (non-hydrogen) atoms. The SMILES string of the molecule is COc1cc(Nc2nccc(Nc3ccc4c(c3S(N)(=O)=O)OCCO4)n2)cc(OC)c1OC. The fourth-order valence-electron chi connectivity index (χ4n) is 3.38. The molecule has 0 fully saturated rings. The molecule has 0 saturated carbocycles. The van der Waals surface area contributed by atoms with E-state index in [0.717, 1.165) is 0 Å². The molecule has 0 bridgehead atoms. The number of benzene rings is 2. The summed E-state index contributed by atoms with van der Waals surface area (Å²) in [6, 6.07) is 8.10. The van der Waals surface area contributed by atoms with Gasteiger partial charge >= 0.3 is 0 Å². The van der Waals surface area contributed by atoms with Gasteiger partial charge < -0.3 is 34.3 Å². The lowest BCUT2D eigenvalue weighted by atomic mass is 10.2. The molecular formula is C21H23N5O7S. The van der Waals surface area contributed by atoms with E-state index in [1.807, 2.05) is 0 Å². The van der Waals surface area contributed by atoms with E-state index >= 15 is 0 Å². The number of sulfonamides is 1.